The van der Waals surface area contributed by atoms with Gasteiger partial charge in [-0.05, 0) is 20.8 Å². The Morgan fingerprint density at radius 1 is 1.25 bits per heavy atom. The molecule has 1 unspecified atom stereocenters. The van der Waals surface area contributed by atoms with Gasteiger partial charge in [-0.3, -0.25) is 0 Å². The quantitative estimate of drug-likeness (QED) is 0.486. The fourth-order valence-corrected chi connectivity index (χ4v) is 5.14. The van der Waals surface area contributed by atoms with Gasteiger partial charge in [0.1, 0.15) is 10.9 Å². The Bertz CT molecular complexity index is 756. The maximum absolute atomic E-state index is 12.7. The van der Waals surface area contributed by atoms with Crippen LogP contribution in [0.1, 0.15) is 20.8 Å². The first-order valence-corrected chi connectivity index (χ1v) is 10.0. The van der Waals surface area contributed by atoms with E-state index in [9.17, 15) is 26.5 Å². The first-order valence-electron chi connectivity index (χ1n) is 6.70. The van der Waals surface area contributed by atoms with Crippen molar-refractivity contribution in [3.63, 3.8) is 0 Å². The minimum absolute atomic E-state index is 0.0449. The Morgan fingerprint density at radius 2 is 1.83 bits per heavy atom. The Kier molecular flexibility index (Phi) is 4.48. The smallest absolute Gasteiger partial charge is 0.496 e. The second kappa shape index (κ2) is 5.64. The van der Waals surface area contributed by atoms with Crippen LogP contribution in [0.4, 0.5) is 13.2 Å². The molecule has 11 heteroatoms. The van der Waals surface area contributed by atoms with Gasteiger partial charge >= 0.3 is 15.6 Å². The molecule has 0 aromatic heterocycles. The monoisotopic (exact) mass is 389 g/mol. The minimum Gasteiger partial charge on any atom is -0.496 e. The number of ether oxygens (including phenoxy) is 2. The van der Waals surface area contributed by atoms with Gasteiger partial charge in [0.2, 0.25) is 19.1 Å². The maximum atomic E-state index is 12.7. The summed E-state index contributed by atoms with van der Waals surface area (Å²) in [5.74, 6) is -0.541. The summed E-state index contributed by atoms with van der Waals surface area (Å²) in [5.41, 5.74) is -5.60. The lowest BCUT2D eigenvalue weighted by Crippen LogP contribution is -2.32. The second-order valence-electron chi connectivity index (χ2n) is 6.17. The van der Waals surface area contributed by atoms with Gasteiger partial charge in [-0.25, -0.2) is 4.89 Å². The van der Waals surface area contributed by atoms with Crippen LogP contribution in [0.2, 0.25) is 0 Å². The molecule has 1 heterocycles. The molecule has 24 heavy (non-hydrogen) atoms. The minimum atomic E-state index is -5.90. The van der Waals surface area contributed by atoms with Gasteiger partial charge in [0, 0.05) is 12.1 Å². The SMILES string of the molecule is COc1cc2c(c(OS(=O)(=O)C(F)(F)F)c1)[P+](O)(C(C)(C)C)CO2. The van der Waals surface area contributed by atoms with E-state index in [1.54, 1.807) is 20.8 Å². The first kappa shape index (κ1) is 19.1. The summed E-state index contributed by atoms with van der Waals surface area (Å²) in [7, 11) is -7.78. The van der Waals surface area contributed by atoms with Crippen LogP contribution in [0.3, 0.4) is 0 Å². The Morgan fingerprint density at radius 3 is 2.29 bits per heavy atom. The molecule has 1 aliphatic rings. The molecule has 0 saturated heterocycles. The Hall–Kier alpha value is -1.25. The van der Waals surface area contributed by atoms with Crippen LogP contribution >= 0.6 is 7.49 Å². The summed E-state index contributed by atoms with van der Waals surface area (Å²) < 4.78 is 75.3. The molecular weight excluding hydrogens is 372 g/mol. The predicted octanol–water partition coefficient (Wildman–Crippen LogP) is 2.62. The van der Waals surface area contributed by atoms with Crippen molar-refractivity contribution in [3.05, 3.63) is 12.1 Å². The third kappa shape index (κ3) is 3.02. The zero-order valence-electron chi connectivity index (χ0n) is 13.3. The number of methoxy groups -OCH3 is 1. The summed E-state index contributed by atoms with van der Waals surface area (Å²) in [4.78, 5) is 11.0. The Balaban J connectivity index is 2.67. The van der Waals surface area contributed by atoms with Crippen molar-refractivity contribution in [2.75, 3.05) is 13.5 Å². The number of fused-ring (bicyclic) bond motifs is 1. The molecule has 1 N–H and O–H groups in total. The van der Waals surface area contributed by atoms with Gasteiger partial charge in [-0.1, -0.05) is 0 Å². The zero-order valence-corrected chi connectivity index (χ0v) is 15.1. The number of hydrogen-bond acceptors (Lipinski definition) is 6. The van der Waals surface area contributed by atoms with Gasteiger partial charge in [0.05, 0.1) is 7.11 Å². The summed E-state index contributed by atoms with van der Waals surface area (Å²) >= 11 is 0. The van der Waals surface area contributed by atoms with Crippen molar-refractivity contribution in [1.82, 2.24) is 0 Å². The third-order valence-corrected chi connectivity index (χ3v) is 8.49. The second-order valence-corrected chi connectivity index (χ2v) is 11.3. The fraction of sp³-hybridized carbons (Fsp3) is 0.538. The number of benzene rings is 1. The van der Waals surface area contributed by atoms with Crippen LogP contribution in [0, 0.1) is 0 Å². The molecule has 1 aliphatic heterocycles. The topological polar surface area (TPSA) is 82.1 Å². The molecule has 2 rings (SSSR count). The lowest BCUT2D eigenvalue weighted by Gasteiger charge is -2.27. The van der Waals surface area contributed by atoms with Crippen LogP contribution < -0.4 is 19.0 Å². The van der Waals surface area contributed by atoms with Crippen LogP contribution in [0.25, 0.3) is 0 Å². The highest BCUT2D eigenvalue weighted by Gasteiger charge is 2.60. The highest BCUT2D eigenvalue weighted by Crippen LogP contribution is 2.70. The molecule has 0 amide bonds. The van der Waals surface area contributed by atoms with Crippen molar-refractivity contribution in [2.45, 2.75) is 31.4 Å². The van der Waals surface area contributed by atoms with E-state index in [2.05, 4.69) is 4.18 Å². The summed E-state index contributed by atoms with van der Waals surface area (Å²) in [6, 6.07) is 2.36. The standard InChI is InChI=1S/C13H17F3O6PS/c1-12(2,3)23(17)7-21-9-5-8(20-4)6-10(11(9)23)22-24(18,19)13(14,15)16/h5-6,17H,7H2,1-4H3/q+1. The maximum Gasteiger partial charge on any atom is 0.534 e. The summed E-state index contributed by atoms with van der Waals surface area (Å²) in [6.45, 7) is 5.06. The molecule has 0 spiro atoms. The number of hydrogen-bond donors (Lipinski definition) is 1. The molecule has 1 aromatic carbocycles. The molecular formula is C13H17F3O6PS+. The lowest BCUT2D eigenvalue weighted by molar-refractivity contribution is -0.0499. The lowest BCUT2D eigenvalue weighted by atomic mass is 10.2. The largest absolute Gasteiger partial charge is 0.534 e. The van der Waals surface area contributed by atoms with Gasteiger partial charge in [-0.15, -0.1) is 0 Å². The van der Waals surface area contributed by atoms with E-state index in [-0.39, 0.29) is 23.2 Å². The van der Waals surface area contributed by atoms with E-state index in [1.165, 1.54) is 13.2 Å². The first-order chi connectivity index (χ1) is 10.7. The summed E-state index contributed by atoms with van der Waals surface area (Å²) in [6.07, 6.45) is -0.151. The average molecular weight is 389 g/mol. The normalized spacial score (nSPS) is 21.2. The number of halogens is 3. The molecule has 0 fully saturated rings. The van der Waals surface area contributed by atoms with Crippen LogP contribution in [-0.2, 0) is 10.1 Å². The highest BCUT2D eigenvalue weighted by molar-refractivity contribution is 7.88. The van der Waals surface area contributed by atoms with Gasteiger partial charge in [0.15, 0.2) is 11.5 Å². The third-order valence-electron chi connectivity index (χ3n) is 3.62. The molecule has 0 bridgehead atoms. The van der Waals surface area contributed by atoms with Crippen molar-refractivity contribution in [2.24, 2.45) is 0 Å². The average Bonchev–Trinajstić information content (AvgIpc) is 2.75. The van der Waals surface area contributed by atoms with Crippen molar-refractivity contribution >= 4 is 22.9 Å². The van der Waals surface area contributed by atoms with Crippen LogP contribution in [0.15, 0.2) is 12.1 Å². The van der Waals surface area contributed by atoms with E-state index < -0.39 is 34.0 Å². The molecule has 1 atom stereocenters. The zero-order chi connectivity index (χ0) is 18.6. The van der Waals surface area contributed by atoms with E-state index in [0.717, 1.165) is 6.07 Å². The number of rotatable bonds is 3. The number of alkyl halides is 3. The van der Waals surface area contributed by atoms with Crippen molar-refractivity contribution in [1.29, 1.82) is 0 Å². The van der Waals surface area contributed by atoms with Crippen LogP contribution in [0.5, 0.6) is 17.2 Å². The Labute approximate surface area is 138 Å². The van der Waals surface area contributed by atoms with Gasteiger partial charge in [-0.2, -0.15) is 21.6 Å². The van der Waals surface area contributed by atoms with Crippen molar-refractivity contribution < 1.29 is 40.1 Å². The molecule has 0 aliphatic carbocycles. The molecule has 0 radical (unpaired) electrons. The van der Waals surface area contributed by atoms with E-state index in [1.807, 2.05) is 0 Å². The van der Waals surface area contributed by atoms with E-state index in [4.69, 9.17) is 9.47 Å². The molecule has 1 aromatic rings. The van der Waals surface area contributed by atoms with Crippen LogP contribution in [-0.4, -0.2) is 37.4 Å². The van der Waals surface area contributed by atoms with Gasteiger partial charge < -0.3 is 13.7 Å². The molecule has 136 valence electrons. The van der Waals surface area contributed by atoms with Gasteiger partial charge in [0.25, 0.3) is 0 Å². The van der Waals surface area contributed by atoms with Crippen molar-refractivity contribution in [3.8, 4) is 17.2 Å². The molecule has 6 nitrogen and oxygen atoms in total. The fourth-order valence-electron chi connectivity index (χ4n) is 2.14. The highest BCUT2D eigenvalue weighted by atomic mass is 32.2. The van der Waals surface area contributed by atoms with E-state index in [0.29, 0.717) is 0 Å². The summed E-state index contributed by atoms with van der Waals surface area (Å²) in [5, 5.41) is -0.809. The molecule has 0 saturated carbocycles. The predicted molar refractivity (Wildman–Crippen MR) is 82.6 cm³/mol. The van der Waals surface area contributed by atoms with E-state index >= 15 is 0 Å².